The van der Waals surface area contributed by atoms with Crippen LogP contribution in [-0.2, 0) is 4.74 Å². The van der Waals surface area contributed by atoms with Crippen molar-refractivity contribution >= 4 is 17.2 Å². The molecule has 2 aromatic heterocycles. The first kappa shape index (κ1) is 15.7. The minimum Gasteiger partial charge on any atom is -0.472 e. The van der Waals surface area contributed by atoms with Gasteiger partial charge in [0.15, 0.2) is 0 Å². The number of methoxy groups -OCH3 is 1. The molecule has 0 aromatic carbocycles. The first-order valence-corrected chi connectivity index (χ1v) is 7.37. The highest BCUT2D eigenvalue weighted by atomic mass is 32.1. The van der Waals surface area contributed by atoms with Gasteiger partial charge >= 0.3 is 0 Å². The molecular weight excluding hydrogens is 292 g/mol. The van der Waals surface area contributed by atoms with Gasteiger partial charge in [-0.3, -0.25) is 4.79 Å². The van der Waals surface area contributed by atoms with E-state index in [-0.39, 0.29) is 12.5 Å². The van der Waals surface area contributed by atoms with Gasteiger partial charge in [0.25, 0.3) is 5.91 Å². The van der Waals surface area contributed by atoms with Crippen molar-refractivity contribution in [3.05, 3.63) is 29.7 Å². The molecular formula is C14H18N2O4S. The lowest BCUT2D eigenvalue weighted by molar-refractivity contribution is 0.0243. The molecule has 2 N–H and O–H groups in total. The van der Waals surface area contributed by atoms with Gasteiger partial charge in [0.05, 0.1) is 11.9 Å². The molecule has 1 unspecified atom stereocenters. The zero-order valence-electron chi connectivity index (χ0n) is 12.0. The highest BCUT2D eigenvalue weighted by Gasteiger charge is 2.22. The summed E-state index contributed by atoms with van der Waals surface area (Å²) in [7, 11) is 1.57. The number of aromatic nitrogens is 1. The van der Waals surface area contributed by atoms with Gasteiger partial charge < -0.3 is 19.6 Å². The van der Waals surface area contributed by atoms with Gasteiger partial charge in [-0.25, -0.2) is 4.98 Å². The molecule has 0 bridgehead atoms. The maximum absolute atomic E-state index is 12.0. The number of nitrogens with zero attached hydrogens (tertiary/aromatic N) is 1. The second-order valence-electron chi connectivity index (χ2n) is 4.97. The van der Waals surface area contributed by atoms with E-state index >= 15 is 0 Å². The fourth-order valence-corrected chi connectivity index (χ4v) is 2.45. The molecule has 2 heterocycles. The zero-order valence-corrected chi connectivity index (χ0v) is 12.8. The summed E-state index contributed by atoms with van der Waals surface area (Å²) in [6, 6.07) is 1.79. The van der Waals surface area contributed by atoms with Gasteiger partial charge in [-0.1, -0.05) is 0 Å². The van der Waals surface area contributed by atoms with Crippen LogP contribution in [0.3, 0.4) is 0 Å². The first-order valence-electron chi connectivity index (χ1n) is 6.49. The van der Waals surface area contributed by atoms with Crippen molar-refractivity contribution in [3.8, 4) is 10.6 Å². The summed E-state index contributed by atoms with van der Waals surface area (Å²) >= 11 is 1.37. The summed E-state index contributed by atoms with van der Waals surface area (Å²) < 4.78 is 9.91. The second kappa shape index (κ2) is 6.84. The molecule has 114 valence electrons. The van der Waals surface area contributed by atoms with Crippen molar-refractivity contribution in [1.82, 2.24) is 10.3 Å². The van der Waals surface area contributed by atoms with Crippen LogP contribution in [0, 0.1) is 0 Å². The molecule has 1 atom stereocenters. The third-order valence-corrected chi connectivity index (χ3v) is 3.87. The molecule has 2 rings (SSSR count). The van der Waals surface area contributed by atoms with E-state index in [0.717, 1.165) is 10.6 Å². The number of hydrogen-bond acceptors (Lipinski definition) is 6. The monoisotopic (exact) mass is 310 g/mol. The van der Waals surface area contributed by atoms with Crippen LogP contribution in [0.25, 0.3) is 10.6 Å². The summed E-state index contributed by atoms with van der Waals surface area (Å²) in [6.07, 6.45) is 3.58. The molecule has 0 aliphatic rings. The lowest BCUT2D eigenvalue weighted by Gasteiger charge is -2.22. The number of thiazole rings is 1. The summed E-state index contributed by atoms with van der Waals surface area (Å²) in [5, 5.41) is 15.2. The maximum atomic E-state index is 12.0. The molecule has 0 saturated heterocycles. The summed E-state index contributed by atoms with van der Waals surface area (Å²) in [6.45, 7) is 2.24. The molecule has 21 heavy (non-hydrogen) atoms. The molecule has 0 fully saturated rings. The largest absolute Gasteiger partial charge is 0.472 e. The number of amides is 1. The second-order valence-corrected chi connectivity index (χ2v) is 5.83. The number of carbonyl (C=O) groups is 1. The normalized spacial score (nSPS) is 13.9. The quantitative estimate of drug-likeness (QED) is 0.816. The van der Waals surface area contributed by atoms with Crippen LogP contribution in [-0.4, -0.2) is 41.9 Å². The molecule has 7 heteroatoms. The van der Waals surface area contributed by atoms with Gasteiger partial charge in [0, 0.05) is 37.6 Å². The van der Waals surface area contributed by atoms with Crippen molar-refractivity contribution < 1.29 is 19.1 Å². The number of furan rings is 1. The smallest absolute Gasteiger partial charge is 0.270 e. The van der Waals surface area contributed by atoms with E-state index in [1.807, 2.05) is 0 Å². The van der Waals surface area contributed by atoms with E-state index in [1.54, 1.807) is 38.0 Å². The molecule has 0 aliphatic heterocycles. The molecule has 0 radical (unpaired) electrons. The summed E-state index contributed by atoms with van der Waals surface area (Å²) in [5.74, 6) is -0.307. The fraction of sp³-hybridized carbons (Fsp3) is 0.429. The van der Waals surface area contributed by atoms with Gasteiger partial charge in [-0.2, -0.15) is 0 Å². The van der Waals surface area contributed by atoms with Crippen LogP contribution in [0.1, 0.15) is 23.8 Å². The molecule has 0 saturated carbocycles. The Balaban J connectivity index is 1.92. The standard InChI is InChI=1S/C14H18N2O4S/c1-14(18,4-6-19-2)9-15-12(17)11-8-21-13(16-11)10-3-5-20-7-10/h3,5,7-8,18H,4,6,9H2,1-2H3,(H,15,17). The van der Waals surface area contributed by atoms with Crippen molar-refractivity contribution in [2.75, 3.05) is 20.3 Å². The Labute approximate surface area is 126 Å². The van der Waals surface area contributed by atoms with Crippen LogP contribution in [0.5, 0.6) is 0 Å². The Hall–Kier alpha value is -1.70. The van der Waals surface area contributed by atoms with Gasteiger partial charge in [-0.05, 0) is 13.0 Å². The van der Waals surface area contributed by atoms with Crippen LogP contribution >= 0.6 is 11.3 Å². The number of carbonyl (C=O) groups excluding carboxylic acids is 1. The Morgan fingerprint density at radius 2 is 2.43 bits per heavy atom. The van der Waals surface area contributed by atoms with Gasteiger partial charge in [0.1, 0.15) is 17.0 Å². The topological polar surface area (TPSA) is 84.6 Å². The average molecular weight is 310 g/mol. The third kappa shape index (κ3) is 4.38. The Morgan fingerprint density at radius 1 is 1.62 bits per heavy atom. The minimum atomic E-state index is -1.00. The van der Waals surface area contributed by atoms with Crippen LogP contribution in [0.4, 0.5) is 0 Å². The predicted octanol–water partition coefficient (Wildman–Crippen LogP) is 1.92. The van der Waals surface area contributed by atoms with E-state index in [2.05, 4.69) is 10.3 Å². The van der Waals surface area contributed by atoms with Crippen LogP contribution in [0.2, 0.25) is 0 Å². The fourth-order valence-electron chi connectivity index (χ4n) is 1.67. The minimum absolute atomic E-state index is 0.147. The van der Waals surface area contributed by atoms with Crippen LogP contribution < -0.4 is 5.32 Å². The molecule has 0 aliphatic carbocycles. The highest BCUT2D eigenvalue weighted by molar-refractivity contribution is 7.13. The van der Waals surface area contributed by atoms with Crippen molar-refractivity contribution in [2.24, 2.45) is 0 Å². The Bertz CT molecular complexity index is 578. The van der Waals surface area contributed by atoms with Crippen molar-refractivity contribution in [1.29, 1.82) is 0 Å². The molecule has 0 spiro atoms. The van der Waals surface area contributed by atoms with Crippen molar-refractivity contribution in [3.63, 3.8) is 0 Å². The first-order chi connectivity index (χ1) is 10.0. The number of nitrogens with one attached hydrogen (secondary N) is 1. The molecule has 1 amide bonds. The number of ether oxygens (including phenoxy) is 1. The van der Waals surface area contributed by atoms with E-state index in [4.69, 9.17) is 9.15 Å². The number of rotatable bonds is 7. The highest BCUT2D eigenvalue weighted by Crippen LogP contribution is 2.23. The van der Waals surface area contributed by atoms with E-state index in [1.165, 1.54) is 11.3 Å². The Morgan fingerprint density at radius 3 is 3.10 bits per heavy atom. The van der Waals surface area contributed by atoms with E-state index in [0.29, 0.717) is 18.7 Å². The van der Waals surface area contributed by atoms with E-state index in [9.17, 15) is 9.90 Å². The lowest BCUT2D eigenvalue weighted by atomic mass is 10.0. The third-order valence-electron chi connectivity index (χ3n) is 2.98. The van der Waals surface area contributed by atoms with Gasteiger partial charge in [0.2, 0.25) is 0 Å². The Kier molecular flexibility index (Phi) is 5.11. The van der Waals surface area contributed by atoms with Gasteiger partial charge in [-0.15, -0.1) is 11.3 Å². The van der Waals surface area contributed by atoms with Crippen LogP contribution in [0.15, 0.2) is 28.4 Å². The molecule has 2 aromatic rings. The SMILES string of the molecule is COCCC(C)(O)CNC(=O)c1csc(-c2ccoc2)n1. The maximum Gasteiger partial charge on any atom is 0.270 e. The predicted molar refractivity (Wildman–Crippen MR) is 79.3 cm³/mol. The number of hydrogen-bond donors (Lipinski definition) is 2. The molecule has 6 nitrogen and oxygen atoms in total. The lowest BCUT2D eigenvalue weighted by Crippen LogP contribution is -2.41. The average Bonchev–Trinajstić information content (AvgIpc) is 3.12. The summed E-state index contributed by atoms with van der Waals surface area (Å²) in [4.78, 5) is 16.3. The number of aliphatic hydroxyl groups is 1. The summed E-state index contributed by atoms with van der Waals surface area (Å²) in [5.41, 5.74) is 0.166. The zero-order chi connectivity index (χ0) is 15.3. The van der Waals surface area contributed by atoms with Crippen molar-refractivity contribution in [2.45, 2.75) is 18.9 Å². The van der Waals surface area contributed by atoms with E-state index < -0.39 is 5.60 Å².